The zero-order valence-electron chi connectivity index (χ0n) is 15.5. The zero-order chi connectivity index (χ0) is 20.5. The van der Waals surface area contributed by atoms with Crippen molar-refractivity contribution < 1.29 is 23.9 Å². The highest BCUT2D eigenvalue weighted by molar-refractivity contribution is 6.36. The normalized spacial score (nSPS) is 10.1. The molecular formula is C21H19BClNO5. The first-order chi connectivity index (χ1) is 14.1. The van der Waals surface area contributed by atoms with Gasteiger partial charge in [-0.05, 0) is 54.1 Å². The molecule has 8 heteroatoms. The SMILES string of the molecule is O=C(Nc1ccccc1)OCCc1ccc(OB(O)Oc2ccc(Cl)cc2)cc1. The lowest BCUT2D eigenvalue weighted by Gasteiger charge is -2.11. The summed E-state index contributed by atoms with van der Waals surface area (Å²) >= 11 is 5.80. The lowest BCUT2D eigenvalue weighted by Crippen LogP contribution is -2.29. The van der Waals surface area contributed by atoms with Gasteiger partial charge in [-0.25, -0.2) is 4.79 Å². The second-order valence-electron chi connectivity index (χ2n) is 6.02. The van der Waals surface area contributed by atoms with Crippen molar-refractivity contribution >= 4 is 30.7 Å². The number of nitrogens with one attached hydrogen (secondary N) is 1. The summed E-state index contributed by atoms with van der Waals surface area (Å²) in [4.78, 5) is 11.7. The maximum Gasteiger partial charge on any atom is 0.785 e. The van der Waals surface area contributed by atoms with E-state index < -0.39 is 13.4 Å². The maximum absolute atomic E-state index is 11.7. The number of halogens is 1. The molecule has 0 radical (unpaired) electrons. The number of hydrogen-bond acceptors (Lipinski definition) is 5. The van der Waals surface area contributed by atoms with Gasteiger partial charge in [-0.15, -0.1) is 0 Å². The van der Waals surface area contributed by atoms with E-state index in [1.54, 1.807) is 48.5 Å². The van der Waals surface area contributed by atoms with E-state index in [2.05, 4.69) is 5.32 Å². The summed E-state index contributed by atoms with van der Waals surface area (Å²) in [5, 5.41) is 13.1. The fourth-order valence-electron chi connectivity index (χ4n) is 2.44. The van der Waals surface area contributed by atoms with Crippen LogP contribution in [0.1, 0.15) is 5.56 Å². The van der Waals surface area contributed by atoms with Gasteiger partial charge >= 0.3 is 13.4 Å². The molecule has 0 atom stereocenters. The quantitative estimate of drug-likeness (QED) is 0.531. The molecule has 0 heterocycles. The Bertz CT molecular complexity index is 907. The molecule has 3 aromatic rings. The number of ether oxygens (including phenoxy) is 1. The molecule has 6 nitrogen and oxygen atoms in total. The van der Waals surface area contributed by atoms with Crippen molar-refractivity contribution in [1.82, 2.24) is 0 Å². The van der Waals surface area contributed by atoms with E-state index in [0.717, 1.165) is 5.56 Å². The first kappa shape index (κ1) is 20.6. The summed E-state index contributed by atoms with van der Waals surface area (Å²) in [6.45, 7) is 0.237. The van der Waals surface area contributed by atoms with E-state index in [1.807, 2.05) is 30.3 Å². The molecule has 0 aliphatic rings. The Morgan fingerprint density at radius 1 is 0.897 bits per heavy atom. The van der Waals surface area contributed by atoms with Crippen LogP contribution in [0.5, 0.6) is 11.5 Å². The summed E-state index contributed by atoms with van der Waals surface area (Å²) in [5.74, 6) is 0.877. The summed E-state index contributed by atoms with van der Waals surface area (Å²) in [6.07, 6.45) is 0.0467. The standard InChI is InChI=1S/C21H19BClNO5/c23-17-8-12-20(13-9-17)29-22(26)28-19-10-6-16(7-11-19)14-15-27-21(25)24-18-4-2-1-3-5-18/h1-13,26H,14-15H2,(H,24,25). The molecule has 0 bridgehead atoms. The van der Waals surface area contributed by atoms with Gasteiger partial charge < -0.3 is 19.1 Å². The minimum absolute atomic E-state index is 0.237. The third-order valence-corrected chi connectivity index (χ3v) is 4.11. The Hall–Kier alpha value is -3.16. The lowest BCUT2D eigenvalue weighted by molar-refractivity contribution is 0.163. The molecule has 3 rings (SSSR count). The second kappa shape index (κ2) is 10.4. The summed E-state index contributed by atoms with van der Waals surface area (Å²) < 4.78 is 15.7. The number of para-hydroxylation sites is 1. The molecule has 0 unspecified atom stereocenters. The molecule has 0 aromatic heterocycles. The van der Waals surface area contributed by atoms with Gasteiger partial charge in [0.05, 0.1) is 6.61 Å². The van der Waals surface area contributed by atoms with Crippen LogP contribution in [-0.4, -0.2) is 25.0 Å². The molecule has 0 saturated carbocycles. The van der Waals surface area contributed by atoms with Crippen molar-refractivity contribution in [2.24, 2.45) is 0 Å². The highest BCUT2D eigenvalue weighted by atomic mass is 35.5. The van der Waals surface area contributed by atoms with Gasteiger partial charge in [0.1, 0.15) is 11.5 Å². The van der Waals surface area contributed by atoms with Crippen molar-refractivity contribution in [1.29, 1.82) is 0 Å². The summed E-state index contributed by atoms with van der Waals surface area (Å²) in [6, 6.07) is 22.7. The molecule has 0 aliphatic carbocycles. The predicted octanol–water partition coefficient (Wildman–Crippen LogP) is 4.57. The largest absolute Gasteiger partial charge is 0.785 e. The first-order valence-electron chi connectivity index (χ1n) is 8.93. The Kier molecular flexibility index (Phi) is 7.38. The molecule has 3 aromatic carbocycles. The number of rotatable bonds is 8. The molecule has 0 spiro atoms. The summed E-state index contributed by atoms with van der Waals surface area (Å²) in [7, 11) is -1.45. The molecule has 0 aliphatic heterocycles. The van der Waals surface area contributed by atoms with Gasteiger partial charge in [-0.2, -0.15) is 0 Å². The molecule has 0 fully saturated rings. The average Bonchev–Trinajstić information content (AvgIpc) is 2.72. The van der Waals surface area contributed by atoms with Gasteiger partial charge in [0.2, 0.25) is 0 Å². The smallest absolute Gasteiger partial charge is 0.501 e. The summed E-state index contributed by atoms with van der Waals surface area (Å²) in [5.41, 5.74) is 1.64. The number of benzene rings is 3. The Morgan fingerprint density at radius 3 is 2.10 bits per heavy atom. The number of carbonyl (C=O) groups excluding carboxylic acids is 1. The van der Waals surface area contributed by atoms with Crippen LogP contribution in [0.3, 0.4) is 0 Å². The van der Waals surface area contributed by atoms with Crippen LogP contribution in [0, 0.1) is 0 Å². The maximum atomic E-state index is 11.7. The van der Waals surface area contributed by atoms with Crippen LogP contribution in [0.15, 0.2) is 78.9 Å². The fourth-order valence-corrected chi connectivity index (χ4v) is 2.57. The van der Waals surface area contributed by atoms with E-state index in [0.29, 0.717) is 28.6 Å². The van der Waals surface area contributed by atoms with Crippen LogP contribution < -0.4 is 14.6 Å². The Balaban J connectivity index is 1.40. The van der Waals surface area contributed by atoms with E-state index in [-0.39, 0.29) is 6.61 Å². The number of carbonyl (C=O) groups is 1. The van der Waals surface area contributed by atoms with Crippen LogP contribution in [0.2, 0.25) is 5.02 Å². The van der Waals surface area contributed by atoms with Gasteiger partial charge in [0.25, 0.3) is 0 Å². The second-order valence-corrected chi connectivity index (χ2v) is 6.45. The van der Waals surface area contributed by atoms with E-state index in [4.69, 9.17) is 25.6 Å². The zero-order valence-corrected chi connectivity index (χ0v) is 16.2. The third kappa shape index (κ3) is 7.06. The van der Waals surface area contributed by atoms with Crippen molar-refractivity contribution in [3.8, 4) is 11.5 Å². The van der Waals surface area contributed by atoms with Crippen LogP contribution in [-0.2, 0) is 11.2 Å². The fraction of sp³-hybridized carbons (Fsp3) is 0.0952. The van der Waals surface area contributed by atoms with Crippen LogP contribution in [0.4, 0.5) is 10.5 Å². The van der Waals surface area contributed by atoms with Crippen molar-refractivity contribution in [3.63, 3.8) is 0 Å². The molecule has 0 saturated heterocycles. The molecule has 1 amide bonds. The Labute approximate surface area is 174 Å². The topological polar surface area (TPSA) is 77.0 Å². The number of anilines is 1. The van der Waals surface area contributed by atoms with Crippen molar-refractivity contribution in [2.45, 2.75) is 6.42 Å². The minimum atomic E-state index is -1.45. The molecule has 29 heavy (non-hydrogen) atoms. The van der Waals surface area contributed by atoms with E-state index in [9.17, 15) is 9.82 Å². The molecule has 2 N–H and O–H groups in total. The molecule has 148 valence electrons. The first-order valence-corrected chi connectivity index (χ1v) is 9.31. The minimum Gasteiger partial charge on any atom is -0.501 e. The van der Waals surface area contributed by atoms with Crippen molar-refractivity contribution in [3.05, 3.63) is 89.4 Å². The van der Waals surface area contributed by atoms with Gasteiger partial charge in [-0.1, -0.05) is 41.9 Å². The van der Waals surface area contributed by atoms with Crippen LogP contribution >= 0.6 is 11.6 Å². The molecular weight excluding hydrogens is 392 g/mol. The lowest BCUT2D eigenvalue weighted by atomic mass is 10.1. The average molecular weight is 412 g/mol. The van der Waals surface area contributed by atoms with Crippen LogP contribution in [0.25, 0.3) is 0 Å². The monoisotopic (exact) mass is 411 g/mol. The van der Waals surface area contributed by atoms with Gasteiger partial charge in [-0.3, -0.25) is 5.32 Å². The van der Waals surface area contributed by atoms with E-state index >= 15 is 0 Å². The van der Waals surface area contributed by atoms with Gasteiger partial charge in [0, 0.05) is 17.1 Å². The third-order valence-electron chi connectivity index (χ3n) is 3.85. The predicted molar refractivity (Wildman–Crippen MR) is 112 cm³/mol. The van der Waals surface area contributed by atoms with E-state index in [1.165, 1.54) is 0 Å². The van der Waals surface area contributed by atoms with Gasteiger partial charge in [0.15, 0.2) is 0 Å². The van der Waals surface area contributed by atoms with Crippen molar-refractivity contribution in [2.75, 3.05) is 11.9 Å². The number of hydrogen-bond donors (Lipinski definition) is 2. The Morgan fingerprint density at radius 2 is 1.48 bits per heavy atom. The highest BCUT2D eigenvalue weighted by Crippen LogP contribution is 2.18. The highest BCUT2D eigenvalue weighted by Gasteiger charge is 2.21. The number of amides is 1.